The number of nitrogens with one attached hydrogen (secondary N) is 2. The van der Waals surface area contributed by atoms with Crippen LogP contribution in [0.25, 0.3) is 44.6 Å². The molecule has 0 saturated carbocycles. The molecule has 8 aromatic rings. The van der Waals surface area contributed by atoms with E-state index in [0.717, 1.165) is 35.3 Å². The van der Waals surface area contributed by atoms with Crippen LogP contribution in [0.15, 0.2) is 86.5 Å². The molecular formula is C50H43F8N17O2. The third-order valence-electron chi connectivity index (χ3n) is 15.8. The maximum absolute atomic E-state index is 15.1. The van der Waals surface area contributed by atoms with Gasteiger partial charge in [-0.25, -0.2) is 38.7 Å². The van der Waals surface area contributed by atoms with Crippen LogP contribution >= 0.6 is 0 Å². The van der Waals surface area contributed by atoms with Crippen LogP contribution in [0.5, 0.6) is 0 Å². The van der Waals surface area contributed by atoms with E-state index in [2.05, 4.69) is 55.7 Å². The van der Waals surface area contributed by atoms with Crippen molar-refractivity contribution in [3.8, 4) is 28.6 Å². The maximum atomic E-state index is 15.1. The fourth-order valence-electron chi connectivity index (χ4n) is 11.9. The predicted molar refractivity (Wildman–Crippen MR) is 255 cm³/mol. The largest absolute Gasteiger partial charge is 0.436 e. The predicted octanol–water partition coefficient (Wildman–Crippen LogP) is 6.53. The minimum atomic E-state index is -5.10. The Morgan fingerprint density at radius 3 is 1.39 bits per heavy atom. The molecule has 4 fully saturated rings. The molecule has 0 bridgehead atoms. The van der Waals surface area contributed by atoms with E-state index in [9.17, 15) is 41.2 Å². The fourth-order valence-corrected chi connectivity index (χ4v) is 11.9. The minimum absolute atomic E-state index is 0.118. The number of fused-ring (bicyclic) bond motifs is 2. The number of piperidine rings is 2. The van der Waals surface area contributed by atoms with Gasteiger partial charge in [0, 0.05) is 124 Å². The molecule has 4 aliphatic heterocycles. The van der Waals surface area contributed by atoms with Crippen LogP contribution in [0.4, 0.5) is 35.1 Å². The van der Waals surface area contributed by atoms with Crippen molar-refractivity contribution in [2.24, 2.45) is 5.92 Å². The molecule has 12 heterocycles. The Morgan fingerprint density at radius 1 is 0.610 bits per heavy atom. The highest BCUT2D eigenvalue weighted by Crippen LogP contribution is 2.51. The Hall–Kier alpha value is -8.25. The van der Waals surface area contributed by atoms with Gasteiger partial charge in [-0.2, -0.15) is 41.8 Å². The summed E-state index contributed by atoms with van der Waals surface area (Å²) in [7, 11) is 0. The van der Waals surface area contributed by atoms with E-state index in [1.807, 2.05) is 33.9 Å². The van der Waals surface area contributed by atoms with Crippen LogP contribution in [0.2, 0.25) is 0 Å². The van der Waals surface area contributed by atoms with Crippen molar-refractivity contribution < 1.29 is 44.7 Å². The number of H-pyrrole nitrogens is 2. The second-order valence-corrected chi connectivity index (χ2v) is 19.9. The zero-order valence-electron chi connectivity index (χ0n) is 40.3. The maximum Gasteiger partial charge on any atom is 0.436 e. The first-order chi connectivity index (χ1) is 37.0. The molecule has 77 heavy (non-hydrogen) atoms. The summed E-state index contributed by atoms with van der Waals surface area (Å²) in [6.45, 7) is 1.62. The average Bonchev–Trinajstić information content (AvgIpc) is 4.45. The van der Waals surface area contributed by atoms with E-state index in [4.69, 9.17) is 10.2 Å². The van der Waals surface area contributed by atoms with Crippen LogP contribution in [-0.4, -0.2) is 155 Å². The number of halogens is 8. The number of hydrogen-bond donors (Lipinski definition) is 2. The van der Waals surface area contributed by atoms with Gasteiger partial charge in [-0.15, -0.1) is 0 Å². The van der Waals surface area contributed by atoms with Gasteiger partial charge in [0.15, 0.2) is 23.0 Å². The standard InChI is InChI=1S/C50H43F8N17O2/c51-37-32(1-9-60-41(37)49(53,54)55)45(76)70-13-5-30(6-14-70)72-22-47(23-72,74-20-28(18-68-74)39-34-3-11-62-43(34)66-26-64-39)36(17-59)48(75-21-29(19-69-75)40-35-4-12-63-44(35)67-27-65-40)24-73(25-48)31-7-15-71(16-8-31)46(77)33-2-10-61-42(38(33)52)50(56,57)58/h1-4,9-12,18-21,26-27,30-31,36H,5-8,13-16,22-25H2,(H,62,64,66)(H,63,65,67). The quantitative estimate of drug-likeness (QED) is 0.140. The van der Waals surface area contributed by atoms with Crippen molar-refractivity contribution >= 4 is 33.9 Å². The van der Waals surface area contributed by atoms with E-state index in [0.29, 0.717) is 59.5 Å². The minimum Gasteiger partial charge on any atom is -0.346 e. The average molecular weight is 1070 g/mol. The number of nitriles is 1. The summed E-state index contributed by atoms with van der Waals surface area (Å²) < 4.78 is 115. The van der Waals surface area contributed by atoms with Gasteiger partial charge in [0.05, 0.1) is 41.0 Å². The third kappa shape index (κ3) is 8.31. The van der Waals surface area contributed by atoms with E-state index in [1.54, 1.807) is 24.8 Å². The first-order valence-electron chi connectivity index (χ1n) is 24.5. The van der Waals surface area contributed by atoms with Gasteiger partial charge >= 0.3 is 12.4 Å². The monoisotopic (exact) mass is 1070 g/mol. The Bertz CT molecular complexity index is 3380. The van der Waals surface area contributed by atoms with Gasteiger partial charge in [0.25, 0.3) is 11.8 Å². The molecule has 0 radical (unpaired) electrons. The van der Waals surface area contributed by atoms with Gasteiger partial charge in [-0.05, 0) is 49.9 Å². The summed E-state index contributed by atoms with van der Waals surface area (Å²) >= 11 is 0. The van der Waals surface area contributed by atoms with Crippen molar-refractivity contribution in [2.75, 3.05) is 52.4 Å². The molecule has 0 aliphatic carbocycles. The molecule has 2 N–H and O–H groups in total. The number of nitrogens with zero attached hydrogens (tertiary/aromatic N) is 15. The number of carbonyl (C=O) groups is 2. The lowest BCUT2D eigenvalue weighted by Crippen LogP contribution is -2.78. The molecule has 8 aromatic heterocycles. The molecule has 0 spiro atoms. The topological polar surface area (TPSA) is 215 Å². The molecule has 27 heteroatoms. The molecular weight excluding hydrogens is 1020 g/mol. The molecule has 4 saturated heterocycles. The molecule has 0 unspecified atom stereocenters. The van der Waals surface area contributed by atoms with Crippen molar-refractivity contribution in [3.63, 3.8) is 0 Å². The van der Waals surface area contributed by atoms with Gasteiger partial charge < -0.3 is 19.8 Å². The van der Waals surface area contributed by atoms with E-state index >= 15 is 8.78 Å². The lowest BCUT2D eigenvalue weighted by atomic mass is 9.63. The molecule has 0 atom stereocenters. The van der Waals surface area contributed by atoms with Crippen molar-refractivity contribution in [2.45, 2.75) is 61.2 Å². The number of carbonyl (C=O) groups excluding carboxylic acids is 2. The summed E-state index contributed by atoms with van der Waals surface area (Å²) in [6, 6.07) is 7.99. The van der Waals surface area contributed by atoms with Gasteiger partial charge in [-0.1, -0.05) is 0 Å². The van der Waals surface area contributed by atoms with Crippen LogP contribution in [0.1, 0.15) is 57.8 Å². The molecule has 19 nitrogen and oxygen atoms in total. The number of rotatable bonds is 10. The summed E-state index contributed by atoms with van der Waals surface area (Å²) in [6.07, 6.45) is 6.34. The van der Waals surface area contributed by atoms with Crippen LogP contribution in [0.3, 0.4) is 0 Å². The van der Waals surface area contributed by atoms with Gasteiger partial charge in [-0.3, -0.25) is 28.8 Å². The number of likely N-dealkylation sites (tertiary alicyclic amines) is 4. The third-order valence-corrected chi connectivity index (χ3v) is 15.8. The number of aromatic amines is 2. The summed E-state index contributed by atoms with van der Waals surface area (Å²) in [5.74, 6) is -6.10. The molecule has 2 amide bonds. The van der Waals surface area contributed by atoms with E-state index in [1.165, 1.54) is 22.5 Å². The zero-order valence-corrected chi connectivity index (χ0v) is 40.3. The number of aromatic nitrogens is 12. The number of hydrogen-bond acceptors (Lipinski definition) is 13. The SMILES string of the molecule is N#CC(C1(n2cc(-c3ncnc4[nH]ccc34)cn2)CN(C2CCN(C(=O)c3ccnc(C(F)(F)F)c3F)CC2)C1)C1(n2cc(-c3ncnc4[nH]ccc34)cn2)CN(C2CCN(C(=O)c3ccnc(C(F)(F)F)c3F)CC2)C1. The highest BCUT2D eigenvalue weighted by molar-refractivity contribution is 5.95. The first kappa shape index (κ1) is 49.6. The Balaban J connectivity index is 0.859. The smallest absolute Gasteiger partial charge is 0.346 e. The Labute approximate surface area is 430 Å². The lowest BCUT2D eigenvalue weighted by Gasteiger charge is -2.63. The van der Waals surface area contributed by atoms with Crippen LogP contribution in [0, 0.1) is 28.9 Å². The van der Waals surface area contributed by atoms with Crippen LogP contribution < -0.4 is 0 Å². The molecule has 12 rings (SSSR count). The first-order valence-corrected chi connectivity index (χ1v) is 24.5. The lowest BCUT2D eigenvalue weighted by molar-refractivity contribution is -0.144. The van der Waals surface area contributed by atoms with Crippen molar-refractivity contribution in [1.82, 2.24) is 79.0 Å². The van der Waals surface area contributed by atoms with Crippen molar-refractivity contribution in [3.05, 3.63) is 121 Å². The fraction of sp³-hybridized carbons (Fsp3) is 0.380. The second kappa shape index (κ2) is 18.5. The van der Waals surface area contributed by atoms with Gasteiger partial charge in [0.1, 0.15) is 40.9 Å². The van der Waals surface area contributed by atoms with E-state index in [-0.39, 0.29) is 64.4 Å². The number of alkyl halides is 6. The summed E-state index contributed by atoms with van der Waals surface area (Å²) in [4.78, 5) is 64.4. The Morgan fingerprint density at radius 2 is 1.01 bits per heavy atom. The van der Waals surface area contributed by atoms with E-state index < -0.39 is 75.3 Å². The highest BCUT2D eigenvalue weighted by Gasteiger charge is 2.65. The zero-order chi connectivity index (χ0) is 53.6. The Kier molecular flexibility index (Phi) is 11.9. The molecule has 4 aliphatic rings. The van der Waals surface area contributed by atoms with Crippen molar-refractivity contribution in [1.29, 1.82) is 5.26 Å². The normalized spacial score (nSPS) is 18.7. The summed E-state index contributed by atoms with van der Waals surface area (Å²) in [5, 5.41) is 23.2. The second-order valence-electron chi connectivity index (χ2n) is 19.9. The van der Waals surface area contributed by atoms with Gasteiger partial charge in [0.2, 0.25) is 0 Å². The number of amides is 2. The highest BCUT2D eigenvalue weighted by atomic mass is 19.4. The van der Waals surface area contributed by atoms with Crippen LogP contribution in [-0.2, 0) is 23.4 Å². The molecule has 396 valence electrons. The summed E-state index contributed by atoms with van der Waals surface area (Å²) in [5.41, 5.74) is -3.35. The number of pyridine rings is 2. The molecule has 0 aromatic carbocycles.